The Labute approximate surface area is 134 Å². The van der Waals surface area contributed by atoms with Crippen LogP contribution in [0.25, 0.3) is 11.0 Å². The number of rotatable bonds is 4. The van der Waals surface area contributed by atoms with E-state index in [1.165, 1.54) is 0 Å². The summed E-state index contributed by atoms with van der Waals surface area (Å²) in [5, 5.41) is 0.987. The van der Waals surface area contributed by atoms with E-state index in [1.807, 2.05) is 43.9 Å². The van der Waals surface area contributed by atoms with Gasteiger partial charge >= 0.3 is 0 Å². The third-order valence-electron chi connectivity index (χ3n) is 3.54. The second-order valence-electron chi connectivity index (χ2n) is 6.14. The first-order valence-electron chi connectivity index (χ1n) is 7.31. The molecule has 0 aliphatic carbocycles. The van der Waals surface area contributed by atoms with E-state index < -0.39 is 0 Å². The number of furan rings is 1. The lowest BCUT2D eigenvalue weighted by atomic mass is 10.1. The molecule has 0 aliphatic rings. The van der Waals surface area contributed by atoms with Crippen molar-refractivity contribution in [2.75, 3.05) is 6.54 Å². The predicted molar refractivity (Wildman–Crippen MR) is 89.7 cm³/mol. The molecule has 4 heteroatoms. The summed E-state index contributed by atoms with van der Waals surface area (Å²) in [6.07, 6.45) is 0. The molecule has 0 bridgehead atoms. The molecule has 1 amide bonds. The van der Waals surface area contributed by atoms with Crippen LogP contribution >= 0.6 is 15.9 Å². The van der Waals surface area contributed by atoms with Gasteiger partial charge in [0.05, 0.1) is 0 Å². The molecule has 1 aromatic heterocycles. The summed E-state index contributed by atoms with van der Waals surface area (Å²) in [5.74, 6) is 0.858. The summed E-state index contributed by atoms with van der Waals surface area (Å²) in [7, 11) is 0. The summed E-state index contributed by atoms with van der Waals surface area (Å²) >= 11 is 3.46. The number of nitrogens with zero attached hydrogens (tertiary/aromatic N) is 1. The number of carbonyl (C=O) groups excluding carboxylic acids is 1. The summed E-state index contributed by atoms with van der Waals surface area (Å²) in [4.78, 5) is 14.7. The van der Waals surface area contributed by atoms with Crippen LogP contribution in [0.4, 0.5) is 0 Å². The van der Waals surface area contributed by atoms with E-state index in [0.717, 1.165) is 27.6 Å². The molecule has 0 saturated heterocycles. The fraction of sp³-hybridized carbons (Fsp3) is 0.471. The number of amides is 1. The third kappa shape index (κ3) is 3.31. The molecular formula is C17H22BrNO2. The minimum Gasteiger partial charge on any atom is -0.451 e. The molecule has 2 rings (SSSR count). The lowest BCUT2D eigenvalue weighted by molar-refractivity contribution is 0.0650. The van der Waals surface area contributed by atoms with Gasteiger partial charge in [0.25, 0.3) is 5.91 Å². The second kappa shape index (κ2) is 6.22. The van der Waals surface area contributed by atoms with E-state index in [2.05, 4.69) is 29.8 Å². The van der Waals surface area contributed by atoms with Crippen molar-refractivity contribution in [2.45, 2.75) is 40.7 Å². The molecule has 0 N–H and O–H groups in total. The summed E-state index contributed by atoms with van der Waals surface area (Å²) in [5.41, 5.74) is 1.66. The van der Waals surface area contributed by atoms with Gasteiger partial charge in [-0.1, -0.05) is 29.8 Å². The number of benzene rings is 1. The fourth-order valence-corrected chi connectivity index (χ4v) is 2.81. The van der Waals surface area contributed by atoms with Gasteiger partial charge in [-0.25, -0.2) is 0 Å². The topological polar surface area (TPSA) is 33.5 Å². The normalized spacial score (nSPS) is 11.6. The van der Waals surface area contributed by atoms with Crippen LogP contribution in [0.5, 0.6) is 0 Å². The van der Waals surface area contributed by atoms with Crippen molar-refractivity contribution in [3.05, 3.63) is 34.0 Å². The van der Waals surface area contributed by atoms with Crippen LogP contribution in [0.2, 0.25) is 0 Å². The van der Waals surface area contributed by atoms with E-state index in [1.54, 1.807) is 0 Å². The lowest BCUT2D eigenvalue weighted by Crippen LogP contribution is -2.39. The Hall–Kier alpha value is -1.29. The monoisotopic (exact) mass is 351 g/mol. The van der Waals surface area contributed by atoms with Crippen LogP contribution in [0, 0.1) is 12.8 Å². The number of fused-ring (bicyclic) bond motifs is 1. The summed E-state index contributed by atoms with van der Waals surface area (Å²) in [6.45, 7) is 11.0. The van der Waals surface area contributed by atoms with Gasteiger partial charge in [-0.05, 0) is 44.9 Å². The Bertz CT molecular complexity index is 658. The van der Waals surface area contributed by atoms with Crippen molar-refractivity contribution in [2.24, 2.45) is 5.92 Å². The van der Waals surface area contributed by atoms with Crippen molar-refractivity contribution < 1.29 is 9.21 Å². The maximum Gasteiger partial charge on any atom is 0.290 e. The van der Waals surface area contributed by atoms with E-state index in [9.17, 15) is 4.79 Å². The quantitative estimate of drug-likeness (QED) is 0.775. The lowest BCUT2D eigenvalue weighted by Gasteiger charge is -2.27. The zero-order valence-corrected chi connectivity index (χ0v) is 14.8. The minimum atomic E-state index is -0.0245. The van der Waals surface area contributed by atoms with E-state index in [-0.39, 0.29) is 11.9 Å². The highest BCUT2D eigenvalue weighted by Crippen LogP contribution is 2.29. The zero-order valence-electron chi connectivity index (χ0n) is 13.2. The minimum absolute atomic E-state index is 0.0245. The van der Waals surface area contributed by atoms with Gasteiger partial charge in [0.1, 0.15) is 5.58 Å². The number of carbonyl (C=O) groups is 1. The first-order chi connectivity index (χ1) is 9.81. The van der Waals surface area contributed by atoms with Crippen LogP contribution in [0.1, 0.15) is 43.8 Å². The van der Waals surface area contributed by atoms with Crippen LogP contribution in [0.15, 0.2) is 27.1 Å². The molecule has 21 heavy (non-hydrogen) atoms. The molecule has 114 valence electrons. The van der Waals surface area contributed by atoms with E-state index in [4.69, 9.17) is 4.42 Å². The fourth-order valence-electron chi connectivity index (χ4n) is 2.45. The van der Waals surface area contributed by atoms with Crippen LogP contribution < -0.4 is 0 Å². The molecule has 0 fully saturated rings. The molecule has 0 radical (unpaired) electrons. The van der Waals surface area contributed by atoms with Crippen molar-refractivity contribution in [1.82, 2.24) is 4.90 Å². The van der Waals surface area contributed by atoms with Gasteiger partial charge in [-0.15, -0.1) is 0 Å². The van der Waals surface area contributed by atoms with Gasteiger partial charge in [-0.3, -0.25) is 4.79 Å². The Morgan fingerprint density at radius 1 is 1.29 bits per heavy atom. The first-order valence-corrected chi connectivity index (χ1v) is 8.10. The largest absolute Gasteiger partial charge is 0.451 e. The Morgan fingerprint density at radius 2 is 1.95 bits per heavy atom. The predicted octanol–water partition coefficient (Wildman–Crippen LogP) is 5.01. The standard InChI is InChI=1S/C17H22BrNO2/c1-10(2)9-19(11(3)4)17(20)16-12(5)14-8-13(18)6-7-15(14)21-16/h6-8,10-11H,9H2,1-5H3. The number of hydrogen-bond acceptors (Lipinski definition) is 2. The number of halogens is 1. The highest BCUT2D eigenvalue weighted by Gasteiger charge is 2.25. The number of hydrogen-bond donors (Lipinski definition) is 0. The molecule has 2 aromatic rings. The smallest absolute Gasteiger partial charge is 0.290 e. The Morgan fingerprint density at radius 3 is 2.52 bits per heavy atom. The third-order valence-corrected chi connectivity index (χ3v) is 4.03. The van der Waals surface area contributed by atoms with Crippen molar-refractivity contribution in [1.29, 1.82) is 0 Å². The van der Waals surface area contributed by atoms with Gasteiger partial charge in [-0.2, -0.15) is 0 Å². The summed E-state index contributed by atoms with van der Waals surface area (Å²) in [6, 6.07) is 5.96. The number of aryl methyl sites for hydroxylation is 1. The van der Waals surface area contributed by atoms with Gasteiger partial charge < -0.3 is 9.32 Å². The molecular weight excluding hydrogens is 330 g/mol. The molecule has 1 aromatic carbocycles. The van der Waals surface area contributed by atoms with Gasteiger partial charge in [0.15, 0.2) is 5.76 Å². The van der Waals surface area contributed by atoms with E-state index in [0.29, 0.717) is 11.7 Å². The van der Waals surface area contributed by atoms with Crippen LogP contribution in [0.3, 0.4) is 0 Å². The molecule has 0 unspecified atom stereocenters. The Kier molecular flexibility index (Phi) is 4.77. The molecule has 0 saturated carbocycles. The van der Waals surface area contributed by atoms with E-state index >= 15 is 0 Å². The second-order valence-corrected chi connectivity index (χ2v) is 7.06. The molecule has 1 heterocycles. The van der Waals surface area contributed by atoms with Crippen molar-refractivity contribution in [3.63, 3.8) is 0 Å². The molecule has 0 aliphatic heterocycles. The van der Waals surface area contributed by atoms with Crippen molar-refractivity contribution in [3.8, 4) is 0 Å². The maximum absolute atomic E-state index is 12.8. The molecule has 0 atom stereocenters. The molecule has 0 spiro atoms. The van der Waals surface area contributed by atoms with Gasteiger partial charge in [0.2, 0.25) is 0 Å². The molecule has 3 nitrogen and oxygen atoms in total. The highest BCUT2D eigenvalue weighted by molar-refractivity contribution is 9.10. The Balaban J connectivity index is 2.44. The van der Waals surface area contributed by atoms with Crippen LogP contribution in [-0.2, 0) is 0 Å². The summed E-state index contributed by atoms with van der Waals surface area (Å²) < 4.78 is 6.80. The average molecular weight is 352 g/mol. The van der Waals surface area contributed by atoms with Crippen LogP contribution in [-0.4, -0.2) is 23.4 Å². The highest BCUT2D eigenvalue weighted by atomic mass is 79.9. The zero-order chi connectivity index (χ0) is 15.7. The maximum atomic E-state index is 12.8. The van der Waals surface area contributed by atoms with Gasteiger partial charge in [0, 0.05) is 28.0 Å². The first kappa shape index (κ1) is 16.1. The average Bonchev–Trinajstić information content (AvgIpc) is 2.72. The SMILES string of the molecule is Cc1c(C(=O)N(CC(C)C)C(C)C)oc2ccc(Br)cc12. The van der Waals surface area contributed by atoms with Crippen molar-refractivity contribution >= 4 is 32.8 Å².